The largest absolute Gasteiger partial charge is 0.383 e. The van der Waals surface area contributed by atoms with Gasteiger partial charge < -0.3 is 4.74 Å². The average Bonchev–Trinajstić information content (AvgIpc) is 3.20. The van der Waals surface area contributed by atoms with Gasteiger partial charge in [-0.1, -0.05) is 61.4 Å². The third kappa shape index (κ3) is 2.53. The van der Waals surface area contributed by atoms with Crippen molar-refractivity contribution in [2.24, 2.45) is 0 Å². The number of fused-ring (bicyclic) bond motifs is 3. The molecule has 0 saturated heterocycles. The van der Waals surface area contributed by atoms with E-state index < -0.39 is 0 Å². The monoisotopic (exact) mass is 324 g/mol. The Morgan fingerprint density at radius 1 is 0.957 bits per heavy atom. The van der Waals surface area contributed by atoms with E-state index in [1.165, 1.54) is 47.9 Å². The van der Waals surface area contributed by atoms with Gasteiger partial charge in [-0.3, -0.25) is 0 Å². The molecule has 4 rings (SSSR count). The van der Waals surface area contributed by atoms with E-state index in [4.69, 9.17) is 4.74 Å². The third-order valence-corrected chi connectivity index (χ3v) is 7.04. The van der Waals surface area contributed by atoms with Crippen LogP contribution in [0, 0.1) is 0 Å². The number of hydrogen-bond donors (Lipinski definition) is 0. The maximum absolute atomic E-state index is 5.74. The molecular weight excluding hydrogens is 300 g/mol. The zero-order valence-electron chi connectivity index (χ0n) is 13.8. The second-order valence-electron chi connectivity index (χ2n) is 6.82. The van der Waals surface area contributed by atoms with Crippen LogP contribution in [0.1, 0.15) is 36.8 Å². The fourth-order valence-corrected chi connectivity index (χ4v) is 5.91. The quantitative estimate of drug-likeness (QED) is 0.740. The van der Waals surface area contributed by atoms with E-state index in [2.05, 4.69) is 60.3 Å². The molecule has 0 N–H and O–H groups in total. The Labute approximate surface area is 143 Å². The van der Waals surface area contributed by atoms with Crippen molar-refractivity contribution in [1.82, 2.24) is 0 Å². The van der Waals surface area contributed by atoms with Crippen molar-refractivity contribution in [3.8, 4) is 11.1 Å². The number of rotatable bonds is 5. The van der Waals surface area contributed by atoms with Crippen molar-refractivity contribution in [2.75, 3.05) is 19.5 Å². The van der Waals surface area contributed by atoms with Crippen molar-refractivity contribution in [1.29, 1.82) is 0 Å². The Balaban J connectivity index is 1.77. The Morgan fingerprint density at radius 3 is 2.09 bits per heavy atom. The Bertz CT molecular complexity index is 642. The number of thioether (sulfide) groups is 1. The lowest BCUT2D eigenvalue weighted by Gasteiger charge is -2.32. The molecule has 2 aromatic rings. The summed E-state index contributed by atoms with van der Waals surface area (Å²) in [5, 5.41) is 0.837. The summed E-state index contributed by atoms with van der Waals surface area (Å²) >= 11 is 2.17. The maximum Gasteiger partial charge on any atom is 0.0608 e. The molecule has 2 aliphatic carbocycles. The van der Waals surface area contributed by atoms with Crippen LogP contribution in [0.2, 0.25) is 0 Å². The molecule has 0 atom stereocenters. The summed E-state index contributed by atoms with van der Waals surface area (Å²) in [5.41, 5.74) is 5.70. The van der Waals surface area contributed by atoms with Crippen molar-refractivity contribution in [3.05, 3.63) is 59.7 Å². The lowest BCUT2D eigenvalue weighted by molar-refractivity contribution is 0.159. The average molecular weight is 324 g/mol. The van der Waals surface area contributed by atoms with Gasteiger partial charge in [0.05, 0.1) is 12.0 Å². The lowest BCUT2D eigenvalue weighted by atomic mass is 9.81. The summed E-state index contributed by atoms with van der Waals surface area (Å²) in [4.78, 5) is 0. The third-order valence-electron chi connectivity index (χ3n) is 5.43. The second-order valence-corrected chi connectivity index (χ2v) is 8.11. The highest BCUT2D eigenvalue weighted by molar-refractivity contribution is 8.00. The molecule has 2 aliphatic rings. The summed E-state index contributed by atoms with van der Waals surface area (Å²) in [6, 6.07) is 17.8. The van der Waals surface area contributed by atoms with Crippen molar-refractivity contribution in [3.63, 3.8) is 0 Å². The molecule has 2 aromatic carbocycles. The van der Waals surface area contributed by atoms with Crippen LogP contribution in [0.25, 0.3) is 11.1 Å². The molecule has 0 bridgehead atoms. The zero-order valence-corrected chi connectivity index (χ0v) is 14.6. The standard InChI is InChI=1S/C21H24OS/c1-22-14-21(15-23-16-8-2-3-9-16)19-12-6-4-10-17(19)18-11-5-7-13-20(18)21/h4-7,10-13,16H,2-3,8-9,14-15H2,1H3. The maximum atomic E-state index is 5.74. The van der Waals surface area contributed by atoms with Crippen LogP contribution in [0.5, 0.6) is 0 Å². The van der Waals surface area contributed by atoms with Crippen LogP contribution in [-0.2, 0) is 10.2 Å². The van der Waals surface area contributed by atoms with E-state index in [9.17, 15) is 0 Å². The molecule has 0 unspecified atom stereocenters. The molecule has 0 heterocycles. The zero-order chi connectivity index (χ0) is 15.7. The van der Waals surface area contributed by atoms with Gasteiger partial charge in [0.2, 0.25) is 0 Å². The predicted molar refractivity (Wildman–Crippen MR) is 99.2 cm³/mol. The molecule has 1 fully saturated rings. The minimum absolute atomic E-state index is 0.00912. The molecular formula is C21H24OS. The smallest absolute Gasteiger partial charge is 0.0608 e. The first-order valence-corrected chi connectivity index (χ1v) is 9.70. The van der Waals surface area contributed by atoms with E-state index in [1.807, 2.05) is 7.11 Å². The second kappa shape index (κ2) is 6.33. The van der Waals surface area contributed by atoms with Gasteiger partial charge in [-0.2, -0.15) is 11.8 Å². The van der Waals surface area contributed by atoms with Crippen LogP contribution in [0.15, 0.2) is 48.5 Å². The van der Waals surface area contributed by atoms with Gasteiger partial charge in [0, 0.05) is 18.1 Å². The predicted octanol–water partition coefficient (Wildman–Crippen LogP) is 5.28. The summed E-state index contributed by atoms with van der Waals surface area (Å²) in [5.74, 6) is 1.12. The summed E-state index contributed by atoms with van der Waals surface area (Å²) in [6.07, 6.45) is 5.58. The normalized spacial score (nSPS) is 18.8. The highest BCUT2D eigenvalue weighted by atomic mass is 32.2. The van der Waals surface area contributed by atoms with Crippen molar-refractivity contribution < 1.29 is 4.74 Å². The first-order chi connectivity index (χ1) is 11.3. The first-order valence-electron chi connectivity index (χ1n) is 8.65. The van der Waals surface area contributed by atoms with Crippen LogP contribution in [0.4, 0.5) is 0 Å². The molecule has 1 saturated carbocycles. The summed E-state index contributed by atoms with van der Waals surface area (Å²) in [6.45, 7) is 0.765. The fraction of sp³-hybridized carbons (Fsp3) is 0.429. The van der Waals surface area contributed by atoms with E-state index in [0.29, 0.717) is 0 Å². The summed E-state index contributed by atoms with van der Waals surface area (Å²) in [7, 11) is 1.84. The molecule has 2 heteroatoms. The fourth-order valence-electron chi connectivity index (χ4n) is 4.33. The summed E-state index contributed by atoms with van der Waals surface area (Å²) < 4.78 is 5.74. The van der Waals surface area contributed by atoms with E-state index >= 15 is 0 Å². The molecule has 0 radical (unpaired) electrons. The van der Waals surface area contributed by atoms with Gasteiger partial charge in [0.1, 0.15) is 0 Å². The van der Waals surface area contributed by atoms with Gasteiger partial charge >= 0.3 is 0 Å². The van der Waals surface area contributed by atoms with Crippen LogP contribution in [-0.4, -0.2) is 24.7 Å². The minimum Gasteiger partial charge on any atom is -0.383 e. The SMILES string of the molecule is COCC1(CSC2CCCC2)c2ccccc2-c2ccccc21. The molecule has 0 aromatic heterocycles. The van der Waals surface area contributed by atoms with Gasteiger partial charge in [-0.15, -0.1) is 0 Å². The van der Waals surface area contributed by atoms with Crippen molar-refractivity contribution in [2.45, 2.75) is 36.3 Å². The Hall–Kier alpha value is -1.25. The van der Waals surface area contributed by atoms with Crippen LogP contribution < -0.4 is 0 Å². The van der Waals surface area contributed by atoms with Crippen LogP contribution >= 0.6 is 11.8 Å². The highest BCUT2D eigenvalue weighted by Gasteiger charge is 2.43. The topological polar surface area (TPSA) is 9.23 Å². The lowest BCUT2D eigenvalue weighted by Crippen LogP contribution is -2.34. The minimum atomic E-state index is 0.00912. The molecule has 0 spiro atoms. The van der Waals surface area contributed by atoms with Gasteiger partial charge in [0.25, 0.3) is 0 Å². The van der Waals surface area contributed by atoms with Crippen LogP contribution in [0.3, 0.4) is 0 Å². The van der Waals surface area contributed by atoms with Gasteiger partial charge in [-0.25, -0.2) is 0 Å². The molecule has 0 aliphatic heterocycles. The molecule has 1 nitrogen and oxygen atoms in total. The first kappa shape index (κ1) is 15.3. The van der Waals surface area contributed by atoms with E-state index in [-0.39, 0.29) is 5.41 Å². The van der Waals surface area contributed by atoms with E-state index in [0.717, 1.165) is 17.6 Å². The molecule has 120 valence electrons. The van der Waals surface area contributed by atoms with Gasteiger partial charge in [-0.05, 0) is 35.1 Å². The molecule has 0 amide bonds. The van der Waals surface area contributed by atoms with Crippen molar-refractivity contribution >= 4 is 11.8 Å². The van der Waals surface area contributed by atoms with Gasteiger partial charge in [0.15, 0.2) is 0 Å². The number of benzene rings is 2. The highest BCUT2D eigenvalue weighted by Crippen LogP contribution is 2.51. The molecule has 23 heavy (non-hydrogen) atoms. The number of ether oxygens (including phenoxy) is 1. The number of hydrogen-bond acceptors (Lipinski definition) is 2. The Kier molecular flexibility index (Phi) is 4.21. The van der Waals surface area contributed by atoms with E-state index in [1.54, 1.807) is 0 Å². The Morgan fingerprint density at radius 2 is 1.52 bits per heavy atom. The number of methoxy groups -OCH3 is 1.